The Morgan fingerprint density at radius 1 is 1.07 bits per heavy atom. The van der Waals surface area contributed by atoms with Crippen LogP contribution in [0.15, 0.2) is 53.5 Å². The van der Waals surface area contributed by atoms with Gasteiger partial charge in [0, 0.05) is 19.0 Å². The predicted octanol–water partition coefficient (Wildman–Crippen LogP) is 3.62. The second-order valence-electron chi connectivity index (χ2n) is 6.82. The van der Waals surface area contributed by atoms with Gasteiger partial charge in [0.05, 0.1) is 13.2 Å². The predicted molar refractivity (Wildman–Crippen MR) is 123 cm³/mol. The second kappa shape index (κ2) is 11.3. The van der Waals surface area contributed by atoms with E-state index in [1.165, 1.54) is 36.0 Å². The highest BCUT2D eigenvalue weighted by molar-refractivity contribution is 14.0. The summed E-state index contributed by atoms with van der Waals surface area (Å²) in [6.07, 6.45) is 3.68. The van der Waals surface area contributed by atoms with Gasteiger partial charge in [0.2, 0.25) is 0 Å². The molecule has 0 fully saturated rings. The number of aryl methyl sites for hydroxylation is 2. The fourth-order valence-corrected chi connectivity index (χ4v) is 3.47. The van der Waals surface area contributed by atoms with Gasteiger partial charge < -0.3 is 15.7 Å². The molecule has 2 aromatic carbocycles. The maximum Gasteiger partial charge on any atom is 0.191 e. The summed E-state index contributed by atoms with van der Waals surface area (Å²) in [6.45, 7) is 4.30. The Hall–Kier alpha value is -1.60. The summed E-state index contributed by atoms with van der Waals surface area (Å²) in [5.41, 5.74) is 5.37. The number of fused-ring (bicyclic) bond motifs is 1. The van der Waals surface area contributed by atoms with E-state index in [0.717, 1.165) is 18.1 Å². The minimum absolute atomic E-state index is 0. The molecule has 0 radical (unpaired) electrons. The Morgan fingerprint density at radius 3 is 2.59 bits per heavy atom. The Balaban J connectivity index is 0.00000261. The normalized spacial score (nSPS) is 14.2. The molecule has 5 heteroatoms. The van der Waals surface area contributed by atoms with E-state index >= 15 is 0 Å². The average Bonchev–Trinajstić information content (AvgIpc) is 3.15. The van der Waals surface area contributed by atoms with Crippen molar-refractivity contribution < 1.29 is 5.11 Å². The number of nitrogens with zero attached hydrogens (tertiary/aromatic N) is 1. The van der Waals surface area contributed by atoms with E-state index in [4.69, 9.17) is 4.99 Å². The maximum absolute atomic E-state index is 9.72. The van der Waals surface area contributed by atoms with E-state index in [1.807, 2.05) is 18.2 Å². The zero-order valence-electron chi connectivity index (χ0n) is 15.9. The number of hydrogen-bond acceptors (Lipinski definition) is 2. The lowest BCUT2D eigenvalue weighted by molar-refractivity contribution is 0.265. The number of guanidine groups is 1. The van der Waals surface area contributed by atoms with Crippen molar-refractivity contribution >= 4 is 29.9 Å². The van der Waals surface area contributed by atoms with Gasteiger partial charge in [0.15, 0.2) is 5.96 Å². The van der Waals surface area contributed by atoms with Gasteiger partial charge in [0.25, 0.3) is 0 Å². The summed E-state index contributed by atoms with van der Waals surface area (Å²) in [5.74, 6) is 0.849. The molecule has 3 N–H and O–H groups in total. The van der Waals surface area contributed by atoms with Crippen LogP contribution < -0.4 is 10.6 Å². The van der Waals surface area contributed by atoms with Gasteiger partial charge in [-0.2, -0.15) is 0 Å². The largest absolute Gasteiger partial charge is 0.396 e. The van der Waals surface area contributed by atoms with E-state index in [0.29, 0.717) is 13.1 Å². The highest BCUT2D eigenvalue weighted by Gasteiger charge is 2.12. The molecule has 0 heterocycles. The topological polar surface area (TPSA) is 56.7 Å². The first-order chi connectivity index (χ1) is 12.8. The van der Waals surface area contributed by atoms with Crippen molar-refractivity contribution in [1.82, 2.24) is 10.6 Å². The fourth-order valence-electron chi connectivity index (χ4n) is 3.47. The number of rotatable bonds is 7. The van der Waals surface area contributed by atoms with Gasteiger partial charge in [0.1, 0.15) is 0 Å². The van der Waals surface area contributed by atoms with Crippen molar-refractivity contribution in [3.05, 3.63) is 70.8 Å². The van der Waals surface area contributed by atoms with Gasteiger partial charge in [-0.1, -0.05) is 48.5 Å². The lowest BCUT2D eigenvalue weighted by Gasteiger charge is -2.18. The number of aliphatic imine (C=N–C) groups is 1. The molecule has 3 rings (SSSR count). The first kappa shape index (κ1) is 21.7. The molecule has 0 amide bonds. The van der Waals surface area contributed by atoms with Crippen molar-refractivity contribution in [2.24, 2.45) is 4.99 Å². The van der Waals surface area contributed by atoms with Crippen LogP contribution in [0.1, 0.15) is 41.5 Å². The highest BCUT2D eigenvalue weighted by Crippen LogP contribution is 2.23. The maximum atomic E-state index is 9.72. The van der Waals surface area contributed by atoms with Crippen LogP contribution in [0.5, 0.6) is 0 Å². The molecule has 0 spiro atoms. The molecule has 27 heavy (non-hydrogen) atoms. The van der Waals surface area contributed by atoms with Gasteiger partial charge >= 0.3 is 0 Å². The summed E-state index contributed by atoms with van der Waals surface area (Å²) < 4.78 is 0. The van der Waals surface area contributed by atoms with E-state index < -0.39 is 0 Å². The third kappa shape index (κ3) is 6.21. The van der Waals surface area contributed by atoms with E-state index in [9.17, 15) is 5.11 Å². The first-order valence-electron chi connectivity index (χ1n) is 9.58. The SMILES string of the molecule is CCNC(=NCc1ccc2c(c1)CCC2)NCC(CO)c1ccccc1.I. The molecule has 1 atom stereocenters. The van der Waals surface area contributed by atoms with Crippen LogP contribution in [0.3, 0.4) is 0 Å². The summed E-state index contributed by atoms with van der Waals surface area (Å²) in [4.78, 5) is 4.72. The van der Waals surface area contributed by atoms with Crippen LogP contribution in [0.4, 0.5) is 0 Å². The van der Waals surface area contributed by atoms with E-state index in [1.54, 1.807) is 0 Å². The number of hydrogen-bond donors (Lipinski definition) is 3. The first-order valence-corrected chi connectivity index (χ1v) is 9.58. The lowest BCUT2D eigenvalue weighted by Crippen LogP contribution is -2.39. The Kier molecular flexibility index (Phi) is 9.07. The number of aliphatic hydroxyl groups excluding tert-OH is 1. The monoisotopic (exact) mass is 479 g/mol. The van der Waals surface area contributed by atoms with E-state index in [2.05, 4.69) is 47.9 Å². The standard InChI is InChI=1S/C22H29N3O.HI/c1-2-23-22(25-15-21(16-26)18-7-4-3-5-8-18)24-14-17-11-12-19-9-6-10-20(19)13-17;/h3-5,7-8,11-13,21,26H,2,6,9-10,14-16H2,1H3,(H2,23,24,25);1H. The van der Waals surface area contributed by atoms with Crippen molar-refractivity contribution in [1.29, 1.82) is 0 Å². The molecule has 1 unspecified atom stereocenters. The van der Waals surface area contributed by atoms with Crippen LogP contribution in [0.2, 0.25) is 0 Å². The number of halogens is 1. The Labute approximate surface area is 179 Å². The molecule has 0 aliphatic heterocycles. The minimum Gasteiger partial charge on any atom is -0.396 e. The number of aliphatic hydroxyl groups is 1. The van der Waals surface area contributed by atoms with Crippen LogP contribution in [-0.4, -0.2) is 30.8 Å². The lowest BCUT2D eigenvalue weighted by atomic mass is 10.0. The van der Waals surface area contributed by atoms with Gasteiger partial charge in [-0.25, -0.2) is 4.99 Å². The molecular weight excluding hydrogens is 449 g/mol. The van der Waals surface area contributed by atoms with E-state index in [-0.39, 0.29) is 36.5 Å². The highest BCUT2D eigenvalue weighted by atomic mass is 127. The average molecular weight is 479 g/mol. The van der Waals surface area contributed by atoms with Crippen LogP contribution in [-0.2, 0) is 19.4 Å². The fraction of sp³-hybridized carbons (Fsp3) is 0.409. The van der Waals surface area contributed by atoms with Crippen molar-refractivity contribution in [3.63, 3.8) is 0 Å². The zero-order valence-corrected chi connectivity index (χ0v) is 18.3. The van der Waals surface area contributed by atoms with Crippen molar-refractivity contribution in [2.75, 3.05) is 19.7 Å². The molecule has 1 aliphatic carbocycles. The second-order valence-corrected chi connectivity index (χ2v) is 6.82. The minimum atomic E-state index is 0. The molecule has 4 nitrogen and oxygen atoms in total. The van der Waals surface area contributed by atoms with Gasteiger partial charge in [-0.15, -0.1) is 24.0 Å². The molecule has 2 aromatic rings. The Morgan fingerprint density at radius 2 is 1.85 bits per heavy atom. The van der Waals surface area contributed by atoms with Crippen LogP contribution in [0, 0.1) is 0 Å². The van der Waals surface area contributed by atoms with Gasteiger partial charge in [-0.3, -0.25) is 0 Å². The third-order valence-corrected chi connectivity index (χ3v) is 4.93. The van der Waals surface area contributed by atoms with Crippen LogP contribution >= 0.6 is 24.0 Å². The van der Waals surface area contributed by atoms with Gasteiger partial charge in [-0.05, 0) is 48.4 Å². The molecule has 0 bridgehead atoms. The molecule has 1 aliphatic rings. The summed E-state index contributed by atoms with van der Waals surface area (Å²) in [6, 6.07) is 16.9. The molecule has 146 valence electrons. The summed E-state index contributed by atoms with van der Waals surface area (Å²) in [5, 5.41) is 16.4. The molecular formula is C22H30IN3O. The smallest absolute Gasteiger partial charge is 0.191 e. The number of benzene rings is 2. The van der Waals surface area contributed by atoms with Crippen molar-refractivity contribution in [2.45, 2.75) is 38.6 Å². The summed E-state index contributed by atoms with van der Waals surface area (Å²) >= 11 is 0. The molecule has 0 saturated heterocycles. The molecule has 0 aromatic heterocycles. The zero-order chi connectivity index (χ0) is 18.2. The third-order valence-electron chi connectivity index (χ3n) is 4.93. The molecule has 0 saturated carbocycles. The van der Waals surface area contributed by atoms with Crippen molar-refractivity contribution in [3.8, 4) is 0 Å². The quantitative estimate of drug-likeness (QED) is 0.323. The number of nitrogens with one attached hydrogen (secondary N) is 2. The van der Waals surface area contributed by atoms with Crippen LogP contribution in [0.25, 0.3) is 0 Å². The summed E-state index contributed by atoms with van der Waals surface area (Å²) in [7, 11) is 0. The Bertz CT molecular complexity index is 734.